The number of ether oxygens (including phenoxy) is 3. The van der Waals surface area contributed by atoms with E-state index < -0.39 is 10.0 Å². The van der Waals surface area contributed by atoms with Gasteiger partial charge in [-0.05, 0) is 61.9 Å². The number of aromatic nitrogens is 1. The number of hydrogen-bond acceptors (Lipinski definition) is 9. The van der Waals surface area contributed by atoms with Crippen LogP contribution >= 0.6 is 0 Å². The quantitative estimate of drug-likeness (QED) is 0.423. The number of sulfonamides is 1. The SMILES string of the molecule is COc1cc(C(=O)N2CCOC[C@@H]2C)cc(OC)c1S(=O)(=O)Nc1noc2c1C[C@@]1(C[C@@H]1C)c1ccc(N3CCC3)cc1-2. The van der Waals surface area contributed by atoms with Gasteiger partial charge in [0.1, 0.15) is 11.5 Å². The predicted molar refractivity (Wildman–Crippen MR) is 160 cm³/mol. The maximum Gasteiger partial charge on any atom is 0.270 e. The Morgan fingerprint density at radius 1 is 1.09 bits per heavy atom. The lowest BCUT2D eigenvalue weighted by Gasteiger charge is -2.34. The highest BCUT2D eigenvalue weighted by Gasteiger charge is 2.56. The van der Waals surface area contributed by atoms with E-state index in [9.17, 15) is 13.2 Å². The molecule has 2 aliphatic heterocycles. The highest BCUT2D eigenvalue weighted by molar-refractivity contribution is 7.93. The Bertz CT molecular complexity index is 1690. The van der Waals surface area contributed by atoms with Gasteiger partial charge < -0.3 is 28.5 Å². The Morgan fingerprint density at radius 3 is 2.42 bits per heavy atom. The van der Waals surface area contributed by atoms with Crippen LogP contribution in [0.25, 0.3) is 11.3 Å². The maximum absolute atomic E-state index is 14.0. The van der Waals surface area contributed by atoms with Crippen LogP contribution in [0.1, 0.15) is 48.2 Å². The van der Waals surface area contributed by atoms with Crippen molar-refractivity contribution in [1.82, 2.24) is 10.1 Å². The molecule has 1 spiro atoms. The van der Waals surface area contributed by atoms with Gasteiger partial charge in [-0.1, -0.05) is 18.1 Å². The van der Waals surface area contributed by atoms with Crippen LogP contribution in [0.4, 0.5) is 11.5 Å². The molecule has 11 nitrogen and oxygen atoms in total. The summed E-state index contributed by atoms with van der Waals surface area (Å²) in [6, 6.07) is 9.30. The monoisotopic (exact) mass is 608 g/mol. The third-order valence-corrected chi connectivity index (χ3v) is 11.0. The minimum Gasteiger partial charge on any atom is -0.495 e. The summed E-state index contributed by atoms with van der Waals surface area (Å²) in [5.74, 6) is 0.929. The van der Waals surface area contributed by atoms with Crippen LogP contribution in [0.3, 0.4) is 0 Å². The van der Waals surface area contributed by atoms with Gasteiger partial charge in [0, 0.05) is 47.4 Å². The minimum atomic E-state index is -4.28. The van der Waals surface area contributed by atoms with E-state index in [1.54, 1.807) is 4.90 Å². The number of carbonyl (C=O) groups excluding carboxylic acids is 1. The summed E-state index contributed by atoms with van der Waals surface area (Å²) in [6.45, 7) is 7.49. The maximum atomic E-state index is 14.0. The molecular weight excluding hydrogens is 572 g/mol. The second-order valence-electron chi connectivity index (χ2n) is 12.1. The second kappa shape index (κ2) is 10.2. The molecule has 2 aromatic carbocycles. The first-order valence-electron chi connectivity index (χ1n) is 14.7. The number of fused-ring (bicyclic) bond motifs is 4. The molecular formula is C31H36N4O7S. The number of benzene rings is 2. The van der Waals surface area contributed by atoms with Crippen molar-refractivity contribution in [2.45, 2.75) is 49.5 Å². The first-order valence-corrected chi connectivity index (χ1v) is 16.2. The zero-order valence-electron chi connectivity index (χ0n) is 24.8. The molecule has 3 atom stereocenters. The molecule has 2 aliphatic carbocycles. The number of hydrogen-bond donors (Lipinski definition) is 1. The molecule has 0 unspecified atom stereocenters. The number of methoxy groups -OCH3 is 2. The number of morpholine rings is 1. The van der Waals surface area contributed by atoms with E-state index in [2.05, 4.69) is 39.9 Å². The molecule has 3 fully saturated rings. The highest BCUT2D eigenvalue weighted by atomic mass is 32.2. The number of rotatable bonds is 7. The third kappa shape index (κ3) is 4.45. The van der Waals surface area contributed by atoms with E-state index in [0.717, 1.165) is 36.3 Å². The standard InChI is InChI=1S/C31H36N4O7S/c1-18-15-31(18)16-23-27(22-14-21(6-7-24(22)31)34-8-5-9-34)42-32-29(23)33-43(37,38)28-25(39-3)12-20(13-26(28)40-4)30(36)35-10-11-41-17-19(35)2/h6-7,12-14,18-19H,5,8-11,15-17H2,1-4H3,(H,32,33)/t18-,19-,31+/m0/s1. The fourth-order valence-electron chi connectivity index (χ4n) is 6.85. The van der Waals surface area contributed by atoms with E-state index in [1.807, 2.05) is 6.92 Å². The van der Waals surface area contributed by atoms with E-state index >= 15 is 0 Å². The number of anilines is 2. The predicted octanol–water partition coefficient (Wildman–Crippen LogP) is 4.06. The van der Waals surface area contributed by atoms with Crippen LogP contribution in [0.15, 0.2) is 39.8 Å². The first kappa shape index (κ1) is 28.0. The van der Waals surface area contributed by atoms with Gasteiger partial charge >= 0.3 is 0 Å². The van der Waals surface area contributed by atoms with Crippen LogP contribution in [0, 0.1) is 5.92 Å². The fraction of sp³-hybridized carbons (Fsp3) is 0.484. The summed E-state index contributed by atoms with van der Waals surface area (Å²) in [4.78, 5) is 17.2. The number of carbonyl (C=O) groups is 1. The molecule has 7 rings (SSSR count). The molecule has 1 saturated carbocycles. The van der Waals surface area contributed by atoms with Crippen LogP contribution in [0.5, 0.6) is 11.5 Å². The van der Waals surface area contributed by atoms with Crippen LogP contribution in [0.2, 0.25) is 0 Å². The van der Waals surface area contributed by atoms with Gasteiger partial charge in [0.05, 0.1) is 33.5 Å². The molecule has 2 saturated heterocycles. The summed E-state index contributed by atoms with van der Waals surface area (Å²) >= 11 is 0. The molecule has 43 heavy (non-hydrogen) atoms. The largest absolute Gasteiger partial charge is 0.495 e. The molecule has 1 N–H and O–H groups in total. The van der Waals surface area contributed by atoms with Gasteiger partial charge in [0.25, 0.3) is 15.9 Å². The molecule has 228 valence electrons. The number of nitrogens with zero attached hydrogens (tertiary/aromatic N) is 3. The van der Waals surface area contributed by atoms with Gasteiger partial charge in [-0.25, -0.2) is 8.42 Å². The van der Waals surface area contributed by atoms with Gasteiger partial charge in [-0.3, -0.25) is 9.52 Å². The lowest BCUT2D eigenvalue weighted by molar-refractivity contribution is 0.00355. The topological polar surface area (TPSA) is 123 Å². The Morgan fingerprint density at radius 2 is 1.81 bits per heavy atom. The molecule has 3 heterocycles. The van der Waals surface area contributed by atoms with Crippen molar-refractivity contribution >= 4 is 27.4 Å². The van der Waals surface area contributed by atoms with Crippen molar-refractivity contribution in [2.75, 3.05) is 56.7 Å². The van der Waals surface area contributed by atoms with Crippen molar-refractivity contribution in [2.24, 2.45) is 5.92 Å². The second-order valence-corrected chi connectivity index (χ2v) is 13.7. The zero-order chi connectivity index (χ0) is 30.1. The molecule has 4 aliphatic rings. The van der Waals surface area contributed by atoms with Crippen molar-refractivity contribution in [3.63, 3.8) is 0 Å². The summed E-state index contributed by atoms with van der Waals surface area (Å²) in [5, 5.41) is 4.23. The summed E-state index contributed by atoms with van der Waals surface area (Å²) < 4.78 is 53.0. The van der Waals surface area contributed by atoms with Crippen molar-refractivity contribution in [3.05, 3.63) is 47.0 Å². The summed E-state index contributed by atoms with van der Waals surface area (Å²) in [7, 11) is -1.55. The van der Waals surface area contributed by atoms with Gasteiger partial charge in [-0.2, -0.15) is 0 Å². The molecule has 12 heteroatoms. The van der Waals surface area contributed by atoms with E-state index in [1.165, 1.54) is 38.3 Å². The summed E-state index contributed by atoms with van der Waals surface area (Å²) in [6.07, 6.45) is 2.81. The first-order chi connectivity index (χ1) is 20.7. The van der Waals surface area contributed by atoms with Gasteiger partial charge in [0.15, 0.2) is 16.5 Å². The van der Waals surface area contributed by atoms with E-state index in [-0.39, 0.29) is 45.1 Å². The van der Waals surface area contributed by atoms with E-state index in [0.29, 0.717) is 37.9 Å². The number of amides is 1. The molecule has 3 aromatic rings. The Labute approximate surface area is 251 Å². The zero-order valence-corrected chi connectivity index (χ0v) is 25.6. The fourth-order valence-corrected chi connectivity index (χ4v) is 8.18. The Hall–Kier alpha value is -3.77. The van der Waals surface area contributed by atoms with Gasteiger partial charge in [0.2, 0.25) is 0 Å². The average Bonchev–Trinajstić information content (AvgIpc) is 3.44. The lowest BCUT2D eigenvalue weighted by Crippen LogP contribution is -2.47. The van der Waals surface area contributed by atoms with E-state index in [4.69, 9.17) is 18.7 Å². The van der Waals surface area contributed by atoms with Crippen molar-refractivity contribution in [1.29, 1.82) is 0 Å². The summed E-state index contributed by atoms with van der Waals surface area (Å²) in [5.41, 5.74) is 4.28. The average molecular weight is 609 g/mol. The van der Waals surface area contributed by atoms with Crippen molar-refractivity contribution < 1.29 is 31.9 Å². The molecule has 0 bridgehead atoms. The Kier molecular flexibility index (Phi) is 6.62. The minimum absolute atomic E-state index is 0.00899. The normalized spacial score (nSPS) is 24.2. The van der Waals surface area contributed by atoms with Crippen molar-refractivity contribution in [3.8, 4) is 22.8 Å². The third-order valence-electron chi connectivity index (χ3n) is 9.58. The Balaban J connectivity index is 1.25. The molecule has 0 radical (unpaired) electrons. The molecule has 1 amide bonds. The van der Waals surface area contributed by atoms with Crippen LogP contribution in [-0.2, 0) is 26.6 Å². The molecule has 1 aromatic heterocycles. The van der Waals surface area contributed by atoms with Gasteiger partial charge in [-0.15, -0.1) is 0 Å². The lowest BCUT2D eigenvalue weighted by atomic mass is 9.77. The number of nitrogens with one attached hydrogen (secondary N) is 1. The smallest absolute Gasteiger partial charge is 0.270 e. The van der Waals surface area contributed by atoms with Crippen LogP contribution in [-0.4, -0.2) is 77.5 Å². The van der Waals surface area contributed by atoms with Crippen LogP contribution < -0.4 is 19.1 Å². The highest BCUT2D eigenvalue weighted by Crippen LogP contribution is 2.62.